The maximum atomic E-state index is 11.7. The van der Waals surface area contributed by atoms with Crippen molar-refractivity contribution in [2.75, 3.05) is 19.8 Å². The number of hydrogen-bond acceptors (Lipinski definition) is 3. The Morgan fingerprint density at radius 1 is 1.32 bits per heavy atom. The van der Waals surface area contributed by atoms with Crippen LogP contribution >= 0.6 is 0 Å². The number of nitrogens with two attached hydrogens (primary N) is 1. The summed E-state index contributed by atoms with van der Waals surface area (Å²) in [5.74, 6) is 1.08. The van der Waals surface area contributed by atoms with Crippen LogP contribution in [-0.2, 0) is 9.53 Å². The van der Waals surface area contributed by atoms with E-state index in [4.69, 9.17) is 10.5 Å². The van der Waals surface area contributed by atoms with E-state index in [2.05, 4.69) is 12.2 Å². The third-order valence-corrected chi connectivity index (χ3v) is 4.30. The summed E-state index contributed by atoms with van der Waals surface area (Å²) >= 11 is 0. The van der Waals surface area contributed by atoms with Gasteiger partial charge in [-0.25, -0.2) is 0 Å². The highest BCUT2D eigenvalue weighted by Crippen LogP contribution is 2.29. The van der Waals surface area contributed by atoms with E-state index in [9.17, 15) is 4.79 Å². The van der Waals surface area contributed by atoms with Crippen molar-refractivity contribution >= 4 is 5.91 Å². The molecule has 1 aliphatic rings. The van der Waals surface area contributed by atoms with Crippen molar-refractivity contribution in [3.8, 4) is 0 Å². The predicted octanol–water partition coefficient (Wildman–Crippen LogP) is 2.07. The number of carbonyl (C=O) groups is 1. The first-order valence-electron chi connectivity index (χ1n) is 7.57. The van der Waals surface area contributed by atoms with Gasteiger partial charge in [0.25, 0.3) is 0 Å². The first-order valence-corrected chi connectivity index (χ1v) is 7.57. The normalized spacial score (nSPS) is 24.2. The molecular weight excluding hydrogens is 240 g/mol. The summed E-state index contributed by atoms with van der Waals surface area (Å²) < 4.78 is 5.59. The first kappa shape index (κ1) is 16.4. The molecule has 112 valence electrons. The summed E-state index contributed by atoms with van der Waals surface area (Å²) in [4.78, 5) is 11.7. The van der Waals surface area contributed by atoms with Crippen LogP contribution in [0.3, 0.4) is 0 Å². The highest BCUT2D eigenvalue weighted by Gasteiger charge is 2.24. The zero-order chi connectivity index (χ0) is 14.3. The molecule has 0 heterocycles. The molecular formula is C15H30N2O2. The summed E-state index contributed by atoms with van der Waals surface area (Å²) in [5.41, 5.74) is 5.64. The van der Waals surface area contributed by atoms with Crippen molar-refractivity contribution < 1.29 is 9.53 Å². The fraction of sp³-hybridized carbons (Fsp3) is 0.933. The second-order valence-electron chi connectivity index (χ2n) is 6.34. The Morgan fingerprint density at radius 2 is 1.95 bits per heavy atom. The van der Waals surface area contributed by atoms with Gasteiger partial charge in [-0.1, -0.05) is 19.8 Å². The maximum absolute atomic E-state index is 11.7. The lowest BCUT2D eigenvalue weighted by Crippen LogP contribution is -2.44. The molecule has 0 spiro atoms. The predicted molar refractivity (Wildman–Crippen MR) is 77.8 cm³/mol. The van der Waals surface area contributed by atoms with Gasteiger partial charge in [0.05, 0.1) is 6.61 Å². The van der Waals surface area contributed by atoms with Crippen molar-refractivity contribution in [2.45, 2.75) is 58.4 Å². The van der Waals surface area contributed by atoms with E-state index >= 15 is 0 Å². The fourth-order valence-corrected chi connectivity index (χ4v) is 2.62. The molecule has 19 heavy (non-hydrogen) atoms. The van der Waals surface area contributed by atoms with Gasteiger partial charge in [0.15, 0.2) is 0 Å². The smallest absolute Gasteiger partial charge is 0.246 e. The zero-order valence-electron chi connectivity index (χ0n) is 12.7. The SMILES string of the molecule is CCC(C)(C)NC(=O)COCC1CCCCC1CN. The first-order chi connectivity index (χ1) is 8.98. The Morgan fingerprint density at radius 3 is 2.53 bits per heavy atom. The standard InChI is InChI=1S/C15H30N2O2/c1-4-15(2,3)17-14(18)11-19-10-13-8-6-5-7-12(13)9-16/h12-13H,4-11,16H2,1-3H3,(H,17,18). The van der Waals surface area contributed by atoms with Crippen LogP contribution in [-0.4, -0.2) is 31.2 Å². The van der Waals surface area contributed by atoms with E-state index in [1.54, 1.807) is 0 Å². The quantitative estimate of drug-likeness (QED) is 0.744. The van der Waals surface area contributed by atoms with E-state index in [1.807, 2.05) is 13.8 Å². The van der Waals surface area contributed by atoms with E-state index in [-0.39, 0.29) is 18.1 Å². The van der Waals surface area contributed by atoms with Crippen LogP contribution in [0.1, 0.15) is 52.9 Å². The van der Waals surface area contributed by atoms with Gasteiger partial charge in [0.2, 0.25) is 5.91 Å². The third kappa shape index (κ3) is 5.91. The molecule has 0 aromatic heterocycles. The molecule has 1 aliphatic carbocycles. The molecule has 0 aromatic rings. The Labute approximate surface area is 117 Å². The van der Waals surface area contributed by atoms with Gasteiger partial charge < -0.3 is 15.8 Å². The molecule has 4 nitrogen and oxygen atoms in total. The molecule has 0 saturated heterocycles. The fourth-order valence-electron chi connectivity index (χ4n) is 2.62. The number of amides is 1. The monoisotopic (exact) mass is 270 g/mol. The topological polar surface area (TPSA) is 64.3 Å². The number of hydrogen-bond donors (Lipinski definition) is 2. The second-order valence-corrected chi connectivity index (χ2v) is 6.34. The summed E-state index contributed by atoms with van der Waals surface area (Å²) in [6.45, 7) is 7.68. The van der Waals surface area contributed by atoms with Gasteiger partial charge >= 0.3 is 0 Å². The molecule has 1 amide bonds. The van der Waals surface area contributed by atoms with Crippen LogP contribution in [0.15, 0.2) is 0 Å². The number of rotatable bonds is 7. The summed E-state index contributed by atoms with van der Waals surface area (Å²) in [7, 11) is 0. The maximum Gasteiger partial charge on any atom is 0.246 e. The van der Waals surface area contributed by atoms with Crippen molar-refractivity contribution in [3.05, 3.63) is 0 Å². The van der Waals surface area contributed by atoms with E-state index in [0.717, 1.165) is 13.0 Å². The molecule has 3 N–H and O–H groups in total. The summed E-state index contributed by atoms with van der Waals surface area (Å²) in [5, 5.41) is 2.98. The van der Waals surface area contributed by atoms with Gasteiger partial charge in [-0.3, -0.25) is 4.79 Å². The van der Waals surface area contributed by atoms with Crippen LogP contribution in [0.2, 0.25) is 0 Å². The van der Waals surface area contributed by atoms with Crippen molar-refractivity contribution in [1.29, 1.82) is 0 Å². The second kappa shape index (κ2) is 7.85. The van der Waals surface area contributed by atoms with Gasteiger partial charge in [0, 0.05) is 5.54 Å². The summed E-state index contributed by atoms with van der Waals surface area (Å²) in [6.07, 6.45) is 5.85. The van der Waals surface area contributed by atoms with Crippen LogP contribution in [0.5, 0.6) is 0 Å². The number of carbonyl (C=O) groups excluding carboxylic acids is 1. The Hall–Kier alpha value is -0.610. The average molecular weight is 270 g/mol. The molecule has 1 fully saturated rings. The Balaban J connectivity index is 2.23. The molecule has 1 saturated carbocycles. The Kier molecular flexibility index (Phi) is 6.80. The van der Waals surface area contributed by atoms with Gasteiger partial charge in [0.1, 0.15) is 6.61 Å². The lowest BCUT2D eigenvalue weighted by Gasteiger charge is -2.30. The van der Waals surface area contributed by atoms with E-state index in [0.29, 0.717) is 18.4 Å². The van der Waals surface area contributed by atoms with Crippen LogP contribution < -0.4 is 11.1 Å². The van der Waals surface area contributed by atoms with Crippen LogP contribution in [0, 0.1) is 11.8 Å². The number of ether oxygens (including phenoxy) is 1. The van der Waals surface area contributed by atoms with Crippen LogP contribution in [0.4, 0.5) is 0 Å². The molecule has 4 heteroatoms. The van der Waals surface area contributed by atoms with Crippen molar-refractivity contribution in [1.82, 2.24) is 5.32 Å². The largest absolute Gasteiger partial charge is 0.371 e. The van der Waals surface area contributed by atoms with Gasteiger partial charge in [-0.15, -0.1) is 0 Å². The minimum Gasteiger partial charge on any atom is -0.371 e. The third-order valence-electron chi connectivity index (χ3n) is 4.30. The Bertz CT molecular complexity index is 279. The lowest BCUT2D eigenvalue weighted by atomic mass is 9.80. The lowest BCUT2D eigenvalue weighted by molar-refractivity contribution is -0.128. The molecule has 2 unspecified atom stereocenters. The highest BCUT2D eigenvalue weighted by molar-refractivity contribution is 5.77. The average Bonchev–Trinajstić information content (AvgIpc) is 2.38. The molecule has 2 atom stereocenters. The van der Waals surface area contributed by atoms with Gasteiger partial charge in [-0.05, 0) is 51.5 Å². The minimum absolute atomic E-state index is 0.0213. The molecule has 1 rings (SSSR count). The van der Waals surface area contributed by atoms with Gasteiger partial charge in [-0.2, -0.15) is 0 Å². The zero-order valence-corrected chi connectivity index (χ0v) is 12.7. The van der Waals surface area contributed by atoms with Crippen LogP contribution in [0.25, 0.3) is 0 Å². The molecule has 0 aliphatic heterocycles. The van der Waals surface area contributed by atoms with Crippen molar-refractivity contribution in [2.24, 2.45) is 17.6 Å². The minimum atomic E-state index is -0.148. The van der Waals surface area contributed by atoms with E-state index < -0.39 is 0 Å². The van der Waals surface area contributed by atoms with E-state index in [1.165, 1.54) is 25.7 Å². The molecule has 0 aromatic carbocycles. The molecule has 0 radical (unpaired) electrons. The van der Waals surface area contributed by atoms with Crippen molar-refractivity contribution in [3.63, 3.8) is 0 Å². The summed E-state index contributed by atoms with van der Waals surface area (Å²) in [6, 6.07) is 0. The molecule has 0 bridgehead atoms. The highest BCUT2D eigenvalue weighted by atomic mass is 16.5. The number of nitrogens with one attached hydrogen (secondary N) is 1.